The molecule has 0 fully saturated rings. The fraction of sp³-hybridized carbons (Fsp3) is 0.545. The molecule has 0 aliphatic heterocycles. The molecule has 0 aromatic rings. The lowest BCUT2D eigenvalue weighted by molar-refractivity contribution is -0.120. The van der Waals surface area contributed by atoms with E-state index in [0.717, 1.165) is 6.42 Å². The molecule has 1 heteroatoms. The zero-order valence-electron chi connectivity index (χ0n) is 8.00. The molecular weight excluding hydrogens is 148 g/mol. The number of hydrogen-bond acceptors (Lipinski definition) is 1. The van der Waals surface area contributed by atoms with Crippen LogP contribution in [0.2, 0.25) is 0 Å². The molecule has 66 valence electrons. The van der Waals surface area contributed by atoms with E-state index in [4.69, 9.17) is 0 Å². The maximum absolute atomic E-state index is 11.2. The Morgan fingerprint density at radius 2 is 2.25 bits per heavy atom. The van der Waals surface area contributed by atoms with Crippen LogP contribution in [-0.4, -0.2) is 5.78 Å². The summed E-state index contributed by atoms with van der Waals surface area (Å²) in [6.07, 6.45) is 7.38. The van der Waals surface area contributed by atoms with Gasteiger partial charge in [0.05, 0.1) is 0 Å². The summed E-state index contributed by atoms with van der Waals surface area (Å²) in [6.45, 7) is 5.84. The molecule has 2 atom stereocenters. The Morgan fingerprint density at radius 1 is 1.58 bits per heavy atom. The molecule has 1 rings (SSSR count). The van der Waals surface area contributed by atoms with Crippen LogP contribution in [-0.2, 0) is 4.79 Å². The fourth-order valence-electron chi connectivity index (χ4n) is 1.67. The molecule has 0 radical (unpaired) electrons. The van der Waals surface area contributed by atoms with E-state index in [1.165, 1.54) is 5.57 Å². The van der Waals surface area contributed by atoms with Gasteiger partial charge in [0.25, 0.3) is 0 Å². The third kappa shape index (κ3) is 1.84. The van der Waals surface area contributed by atoms with E-state index in [2.05, 4.69) is 25.2 Å². The second-order valence-electron chi connectivity index (χ2n) is 3.48. The molecule has 0 aromatic carbocycles. The van der Waals surface area contributed by atoms with E-state index in [1.54, 1.807) is 6.92 Å². The minimum absolute atomic E-state index is 0.125. The molecule has 0 N–H and O–H groups in total. The van der Waals surface area contributed by atoms with Crippen molar-refractivity contribution in [1.82, 2.24) is 0 Å². The van der Waals surface area contributed by atoms with Crippen LogP contribution < -0.4 is 0 Å². The van der Waals surface area contributed by atoms with Crippen molar-refractivity contribution < 1.29 is 4.79 Å². The Labute approximate surface area is 74.2 Å². The number of ketones is 1. The smallest absolute Gasteiger partial charge is 0.137 e. The molecule has 0 aromatic heterocycles. The highest BCUT2D eigenvalue weighted by Crippen LogP contribution is 2.25. The van der Waals surface area contributed by atoms with Crippen LogP contribution in [0.4, 0.5) is 0 Å². The molecule has 1 aliphatic rings. The van der Waals surface area contributed by atoms with Crippen LogP contribution in [0, 0.1) is 11.8 Å². The van der Waals surface area contributed by atoms with Crippen LogP contribution in [0.3, 0.4) is 0 Å². The Morgan fingerprint density at radius 3 is 2.75 bits per heavy atom. The van der Waals surface area contributed by atoms with Gasteiger partial charge < -0.3 is 0 Å². The standard InChI is InChI=1S/C11H16O/c1-4-10-6-5-8(2)7-11(10)9(3)12/h5-7,10-11H,4H2,1-3H3. The van der Waals surface area contributed by atoms with Crippen molar-refractivity contribution in [2.24, 2.45) is 11.8 Å². The van der Waals surface area contributed by atoms with Crippen molar-refractivity contribution >= 4 is 5.78 Å². The Hall–Kier alpha value is -0.850. The van der Waals surface area contributed by atoms with Crippen LogP contribution in [0.1, 0.15) is 27.2 Å². The lowest BCUT2D eigenvalue weighted by atomic mass is 9.82. The van der Waals surface area contributed by atoms with Gasteiger partial charge in [0, 0.05) is 5.92 Å². The minimum Gasteiger partial charge on any atom is -0.299 e. The van der Waals surface area contributed by atoms with Crippen molar-refractivity contribution in [1.29, 1.82) is 0 Å². The highest BCUT2D eigenvalue weighted by molar-refractivity contribution is 5.81. The highest BCUT2D eigenvalue weighted by Gasteiger charge is 2.21. The zero-order chi connectivity index (χ0) is 9.14. The molecule has 12 heavy (non-hydrogen) atoms. The molecule has 2 unspecified atom stereocenters. The predicted molar refractivity (Wildman–Crippen MR) is 50.8 cm³/mol. The third-order valence-electron chi connectivity index (χ3n) is 2.45. The topological polar surface area (TPSA) is 17.1 Å². The second-order valence-corrected chi connectivity index (χ2v) is 3.48. The van der Waals surface area contributed by atoms with E-state index in [-0.39, 0.29) is 11.7 Å². The fourth-order valence-corrected chi connectivity index (χ4v) is 1.67. The first-order chi connectivity index (χ1) is 5.65. The van der Waals surface area contributed by atoms with Crippen molar-refractivity contribution in [3.63, 3.8) is 0 Å². The molecule has 0 spiro atoms. The van der Waals surface area contributed by atoms with E-state index in [0.29, 0.717) is 5.92 Å². The number of Topliss-reactive ketones (excluding diaryl/α,β-unsaturated/α-hetero) is 1. The van der Waals surface area contributed by atoms with E-state index in [9.17, 15) is 4.79 Å². The first-order valence-electron chi connectivity index (χ1n) is 4.52. The van der Waals surface area contributed by atoms with Crippen LogP contribution >= 0.6 is 0 Å². The van der Waals surface area contributed by atoms with Crippen LogP contribution in [0.5, 0.6) is 0 Å². The molecule has 1 nitrogen and oxygen atoms in total. The monoisotopic (exact) mass is 164 g/mol. The normalized spacial score (nSPS) is 28.4. The Bertz CT molecular complexity index is 235. The predicted octanol–water partition coefficient (Wildman–Crippen LogP) is 2.73. The summed E-state index contributed by atoms with van der Waals surface area (Å²) in [5.41, 5.74) is 1.21. The number of hydrogen-bond donors (Lipinski definition) is 0. The second kappa shape index (κ2) is 3.70. The van der Waals surface area contributed by atoms with Gasteiger partial charge in [-0.2, -0.15) is 0 Å². The van der Waals surface area contributed by atoms with Gasteiger partial charge in [0.1, 0.15) is 5.78 Å². The highest BCUT2D eigenvalue weighted by atomic mass is 16.1. The van der Waals surface area contributed by atoms with Gasteiger partial charge in [-0.3, -0.25) is 4.79 Å². The number of rotatable bonds is 2. The molecule has 0 bridgehead atoms. The van der Waals surface area contributed by atoms with Gasteiger partial charge in [-0.25, -0.2) is 0 Å². The lowest BCUT2D eigenvalue weighted by Crippen LogP contribution is -2.20. The van der Waals surface area contributed by atoms with Crippen LogP contribution in [0.25, 0.3) is 0 Å². The Kier molecular flexibility index (Phi) is 2.85. The summed E-state index contributed by atoms with van der Waals surface area (Å²) in [4.78, 5) is 11.2. The van der Waals surface area contributed by atoms with Crippen molar-refractivity contribution in [2.75, 3.05) is 0 Å². The molecule has 0 saturated carbocycles. The number of carbonyl (C=O) groups is 1. The van der Waals surface area contributed by atoms with E-state index in [1.807, 2.05) is 6.92 Å². The maximum atomic E-state index is 11.2. The summed E-state index contributed by atoms with van der Waals surface area (Å²) in [5.74, 6) is 0.830. The molecule has 0 amide bonds. The third-order valence-corrected chi connectivity index (χ3v) is 2.45. The van der Waals surface area contributed by atoms with Gasteiger partial charge in [0.2, 0.25) is 0 Å². The Balaban J connectivity index is 2.81. The molecule has 0 saturated heterocycles. The largest absolute Gasteiger partial charge is 0.299 e. The summed E-state index contributed by atoms with van der Waals surface area (Å²) in [6, 6.07) is 0. The van der Waals surface area contributed by atoms with Crippen molar-refractivity contribution in [3.8, 4) is 0 Å². The minimum atomic E-state index is 0.125. The molecular formula is C11H16O. The van der Waals surface area contributed by atoms with Gasteiger partial charge in [-0.05, 0) is 26.2 Å². The summed E-state index contributed by atoms with van der Waals surface area (Å²) in [5, 5.41) is 0. The van der Waals surface area contributed by atoms with Gasteiger partial charge in [-0.15, -0.1) is 0 Å². The summed E-state index contributed by atoms with van der Waals surface area (Å²) in [7, 11) is 0. The van der Waals surface area contributed by atoms with Gasteiger partial charge in [0.15, 0.2) is 0 Å². The zero-order valence-corrected chi connectivity index (χ0v) is 8.00. The summed E-state index contributed by atoms with van der Waals surface area (Å²) < 4.78 is 0. The average molecular weight is 164 g/mol. The van der Waals surface area contributed by atoms with Gasteiger partial charge >= 0.3 is 0 Å². The first-order valence-corrected chi connectivity index (χ1v) is 4.52. The quantitative estimate of drug-likeness (QED) is 0.613. The average Bonchev–Trinajstić information content (AvgIpc) is 2.04. The van der Waals surface area contributed by atoms with Gasteiger partial charge in [-0.1, -0.05) is 30.7 Å². The van der Waals surface area contributed by atoms with E-state index < -0.39 is 0 Å². The molecule has 0 heterocycles. The summed E-state index contributed by atoms with van der Waals surface area (Å²) >= 11 is 0. The van der Waals surface area contributed by atoms with Crippen molar-refractivity contribution in [3.05, 3.63) is 23.8 Å². The number of carbonyl (C=O) groups excluding carboxylic acids is 1. The van der Waals surface area contributed by atoms with E-state index >= 15 is 0 Å². The SMILES string of the molecule is CCC1C=CC(C)=CC1C(C)=O. The number of allylic oxidation sites excluding steroid dienone is 4. The molecule has 1 aliphatic carbocycles. The maximum Gasteiger partial charge on any atom is 0.137 e. The van der Waals surface area contributed by atoms with Crippen LogP contribution in [0.15, 0.2) is 23.8 Å². The van der Waals surface area contributed by atoms with Crippen molar-refractivity contribution in [2.45, 2.75) is 27.2 Å². The first kappa shape index (κ1) is 9.24. The lowest BCUT2D eigenvalue weighted by Gasteiger charge is -2.21.